The van der Waals surface area contributed by atoms with Crippen LogP contribution in [0.5, 0.6) is 0 Å². The Bertz CT molecular complexity index is 350. The summed E-state index contributed by atoms with van der Waals surface area (Å²) in [6, 6.07) is 0. The van der Waals surface area contributed by atoms with Crippen molar-refractivity contribution in [3.05, 3.63) is 23.5 Å². The second kappa shape index (κ2) is 5.72. The molecule has 0 saturated carbocycles. The predicted octanol–water partition coefficient (Wildman–Crippen LogP) is 1.24. The number of rotatable bonds is 3. The summed E-state index contributed by atoms with van der Waals surface area (Å²) >= 11 is 0. The van der Waals surface area contributed by atoms with Crippen molar-refractivity contribution in [3.63, 3.8) is 0 Å². The van der Waals surface area contributed by atoms with E-state index in [1.54, 1.807) is 18.2 Å². The van der Waals surface area contributed by atoms with Crippen LogP contribution in [0.2, 0.25) is 0 Å². The van der Waals surface area contributed by atoms with Crippen molar-refractivity contribution < 1.29 is 14.3 Å². The van der Waals surface area contributed by atoms with Crippen LogP contribution < -0.4 is 5.32 Å². The third kappa shape index (κ3) is 3.00. The number of carbonyl (C=O) groups excluding carboxylic acids is 1. The smallest absolute Gasteiger partial charge is 0.414 e. The molecule has 0 aliphatic carbocycles. The van der Waals surface area contributed by atoms with Crippen molar-refractivity contribution in [1.29, 1.82) is 0 Å². The highest BCUT2D eigenvalue weighted by Gasteiger charge is 2.21. The Morgan fingerprint density at radius 3 is 3.24 bits per heavy atom. The van der Waals surface area contributed by atoms with E-state index in [1.165, 1.54) is 5.57 Å². The predicted molar refractivity (Wildman–Crippen MR) is 63.3 cm³/mol. The minimum Gasteiger partial charge on any atom is -0.447 e. The molecular formula is C12H18N2O3. The minimum atomic E-state index is -0.310. The zero-order chi connectivity index (χ0) is 12.1. The van der Waals surface area contributed by atoms with Gasteiger partial charge in [0, 0.05) is 25.6 Å². The maximum absolute atomic E-state index is 11.7. The van der Waals surface area contributed by atoms with Crippen LogP contribution in [-0.4, -0.2) is 44.4 Å². The van der Waals surface area contributed by atoms with Crippen LogP contribution in [0, 0.1) is 0 Å². The molecule has 0 unspecified atom stereocenters. The standard InChI is InChI=1S/C12H18N2O3/c1-16-7-8-17-12(15)14-6-4-11-10(9-14)3-2-5-13-11/h4,6,13H,2-3,5,7-9H2,1H3. The van der Waals surface area contributed by atoms with E-state index >= 15 is 0 Å². The van der Waals surface area contributed by atoms with Crippen LogP contribution in [-0.2, 0) is 9.47 Å². The summed E-state index contributed by atoms with van der Waals surface area (Å²) in [6.07, 6.45) is 5.57. The van der Waals surface area contributed by atoms with Crippen LogP contribution >= 0.6 is 0 Å². The Balaban J connectivity index is 1.87. The number of amides is 1. The molecule has 5 nitrogen and oxygen atoms in total. The van der Waals surface area contributed by atoms with E-state index in [1.807, 2.05) is 6.08 Å². The molecule has 0 radical (unpaired) electrons. The zero-order valence-electron chi connectivity index (χ0n) is 10.1. The monoisotopic (exact) mass is 238 g/mol. The third-order valence-electron chi connectivity index (χ3n) is 2.88. The molecule has 0 spiro atoms. The van der Waals surface area contributed by atoms with Crippen LogP contribution in [0.3, 0.4) is 0 Å². The van der Waals surface area contributed by atoms with Gasteiger partial charge in [0.15, 0.2) is 0 Å². The fourth-order valence-electron chi connectivity index (χ4n) is 1.97. The molecule has 1 amide bonds. The number of nitrogens with zero attached hydrogens (tertiary/aromatic N) is 1. The molecule has 0 aromatic carbocycles. The Morgan fingerprint density at radius 2 is 2.41 bits per heavy atom. The van der Waals surface area contributed by atoms with Gasteiger partial charge in [-0.15, -0.1) is 0 Å². The lowest BCUT2D eigenvalue weighted by molar-refractivity contribution is 0.0818. The number of ether oxygens (including phenoxy) is 2. The van der Waals surface area contributed by atoms with Crippen molar-refractivity contribution in [2.24, 2.45) is 0 Å². The Kier molecular flexibility index (Phi) is 4.03. The van der Waals surface area contributed by atoms with Crippen molar-refractivity contribution in [3.8, 4) is 0 Å². The van der Waals surface area contributed by atoms with Gasteiger partial charge in [0.05, 0.1) is 13.2 Å². The number of carbonyl (C=O) groups is 1. The lowest BCUT2D eigenvalue weighted by atomic mass is 10.0. The second-order valence-corrected chi connectivity index (χ2v) is 4.10. The highest BCUT2D eigenvalue weighted by Crippen LogP contribution is 2.21. The van der Waals surface area contributed by atoms with Gasteiger partial charge in [-0.25, -0.2) is 4.79 Å². The molecule has 2 aliphatic rings. The number of nitrogens with one attached hydrogen (secondary N) is 1. The molecule has 0 bridgehead atoms. The first-order chi connectivity index (χ1) is 8.31. The second-order valence-electron chi connectivity index (χ2n) is 4.10. The maximum atomic E-state index is 11.7. The summed E-state index contributed by atoms with van der Waals surface area (Å²) in [5.41, 5.74) is 2.44. The minimum absolute atomic E-state index is 0.295. The summed E-state index contributed by atoms with van der Waals surface area (Å²) in [5.74, 6) is 0. The first-order valence-electron chi connectivity index (χ1n) is 5.87. The van der Waals surface area contributed by atoms with Gasteiger partial charge >= 0.3 is 6.09 Å². The van der Waals surface area contributed by atoms with Gasteiger partial charge in [-0.05, 0) is 24.5 Å². The largest absolute Gasteiger partial charge is 0.447 e. The normalized spacial score (nSPS) is 18.8. The van der Waals surface area contributed by atoms with Crippen molar-refractivity contribution >= 4 is 6.09 Å². The lowest BCUT2D eigenvalue weighted by Gasteiger charge is -2.28. The topological polar surface area (TPSA) is 50.8 Å². The van der Waals surface area contributed by atoms with Gasteiger partial charge in [0.2, 0.25) is 0 Å². The summed E-state index contributed by atoms with van der Waals surface area (Å²) < 4.78 is 9.90. The van der Waals surface area contributed by atoms with E-state index in [4.69, 9.17) is 9.47 Å². The van der Waals surface area contributed by atoms with Gasteiger partial charge in [0.25, 0.3) is 0 Å². The van der Waals surface area contributed by atoms with E-state index in [0.717, 1.165) is 25.1 Å². The van der Waals surface area contributed by atoms with Crippen LogP contribution in [0.4, 0.5) is 4.79 Å². The van der Waals surface area contributed by atoms with Crippen molar-refractivity contribution in [1.82, 2.24) is 10.2 Å². The highest BCUT2D eigenvalue weighted by molar-refractivity contribution is 5.70. The first kappa shape index (κ1) is 12.0. The molecule has 0 fully saturated rings. The molecule has 0 saturated heterocycles. The fraction of sp³-hybridized carbons (Fsp3) is 0.583. The van der Waals surface area contributed by atoms with E-state index < -0.39 is 0 Å². The van der Waals surface area contributed by atoms with E-state index in [0.29, 0.717) is 19.8 Å². The Hall–Kier alpha value is -1.49. The molecule has 17 heavy (non-hydrogen) atoms. The molecule has 2 aliphatic heterocycles. The molecule has 2 rings (SSSR count). The summed E-state index contributed by atoms with van der Waals surface area (Å²) in [4.78, 5) is 13.3. The molecule has 2 heterocycles. The van der Waals surface area contributed by atoms with Gasteiger partial charge in [0.1, 0.15) is 6.61 Å². The average molecular weight is 238 g/mol. The SMILES string of the molecule is COCCOC(=O)N1C=CC2=C(CCCN2)C1. The lowest BCUT2D eigenvalue weighted by Crippen LogP contribution is -2.35. The van der Waals surface area contributed by atoms with Crippen molar-refractivity contribution in [2.75, 3.05) is 33.4 Å². The molecule has 94 valence electrons. The molecule has 0 aromatic rings. The number of hydrogen-bond acceptors (Lipinski definition) is 4. The summed E-state index contributed by atoms with van der Waals surface area (Å²) in [7, 11) is 1.58. The van der Waals surface area contributed by atoms with Crippen LogP contribution in [0.25, 0.3) is 0 Å². The van der Waals surface area contributed by atoms with Gasteiger partial charge in [-0.3, -0.25) is 4.90 Å². The van der Waals surface area contributed by atoms with E-state index in [9.17, 15) is 4.79 Å². The van der Waals surface area contributed by atoms with Gasteiger partial charge in [-0.2, -0.15) is 0 Å². The number of allylic oxidation sites excluding steroid dienone is 1. The quantitative estimate of drug-likeness (QED) is 0.751. The number of methoxy groups -OCH3 is 1. The summed E-state index contributed by atoms with van der Waals surface area (Å²) in [6.45, 7) is 2.37. The first-order valence-corrected chi connectivity index (χ1v) is 5.87. The molecule has 5 heteroatoms. The average Bonchev–Trinajstić information content (AvgIpc) is 2.38. The third-order valence-corrected chi connectivity index (χ3v) is 2.88. The number of hydrogen-bond donors (Lipinski definition) is 1. The molecular weight excluding hydrogens is 220 g/mol. The van der Waals surface area contributed by atoms with Crippen LogP contribution in [0.15, 0.2) is 23.5 Å². The maximum Gasteiger partial charge on any atom is 0.414 e. The van der Waals surface area contributed by atoms with Gasteiger partial charge < -0.3 is 14.8 Å². The van der Waals surface area contributed by atoms with Gasteiger partial charge in [-0.1, -0.05) is 0 Å². The Labute approximate surface area is 101 Å². The van der Waals surface area contributed by atoms with Crippen LogP contribution in [0.1, 0.15) is 12.8 Å². The zero-order valence-corrected chi connectivity index (χ0v) is 10.1. The summed E-state index contributed by atoms with van der Waals surface area (Å²) in [5, 5.41) is 3.33. The molecule has 1 N–H and O–H groups in total. The Morgan fingerprint density at radius 1 is 1.53 bits per heavy atom. The fourth-order valence-corrected chi connectivity index (χ4v) is 1.97. The molecule has 0 atom stereocenters. The van der Waals surface area contributed by atoms with E-state index in [-0.39, 0.29) is 6.09 Å². The van der Waals surface area contributed by atoms with E-state index in [2.05, 4.69) is 5.32 Å². The molecule has 0 aromatic heterocycles. The highest BCUT2D eigenvalue weighted by atomic mass is 16.6. The van der Waals surface area contributed by atoms with Crippen molar-refractivity contribution in [2.45, 2.75) is 12.8 Å².